The number of hydrogen-bond donors (Lipinski definition) is 0. The molecule has 0 radical (unpaired) electrons. The van der Waals surface area contributed by atoms with Crippen LogP contribution in [-0.2, 0) is 14.2 Å². The summed E-state index contributed by atoms with van der Waals surface area (Å²) < 4.78 is 15.9. The van der Waals surface area contributed by atoms with Gasteiger partial charge in [0, 0.05) is 48.3 Å². The molecule has 0 spiro atoms. The minimum absolute atomic E-state index is 0.451. The lowest BCUT2D eigenvalue weighted by atomic mass is 9.93. The summed E-state index contributed by atoms with van der Waals surface area (Å²) in [6.07, 6.45) is 0. The van der Waals surface area contributed by atoms with Crippen LogP contribution in [0.1, 0.15) is 20.7 Å². The first kappa shape index (κ1) is 16.5. The van der Waals surface area contributed by atoms with Crippen LogP contribution in [0, 0.1) is 0 Å². The Labute approximate surface area is 156 Å². The van der Waals surface area contributed by atoms with E-state index in [0.29, 0.717) is 42.9 Å². The summed E-state index contributed by atoms with van der Waals surface area (Å²) in [6, 6.07) is 7.48. The van der Waals surface area contributed by atoms with E-state index in [4.69, 9.17) is 14.2 Å². The Morgan fingerprint density at radius 2 is 1.07 bits per heavy atom. The fourth-order valence-electron chi connectivity index (χ4n) is 4.13. The van der Waals surface area contributed by atoms with E-state index < -0.39 is 11.9 Å². The lowest BCUT2D eigenvalue weighted by Gasteiger charge is -2.35. The highest BCUT2D eigenvalue weighted by molar-refractivity contribution is 6.25. The fraction of sp³-hybridized carbons (Fsp3) is 0.400. The Hall–Kier alpha value is -2.64. The summed E-state index contributed by atoms with van der Waals surface area (Å²) >= 11 is 0. The molecule has 0 atom stereocenters. The highest BCUT2D eigenvalue weighted by Crippen LogP contribution is 2.41. The second kappa shape index (κ2) is 6.51. The Bertz CT molecular complexity index is 859. The molecule has 2 aromatic carbocycles. The number of carbonyl (C=O) groups is 2. The van der Waals surface area contributed by atoms with Crippen molar-refractivity contribution in [2.24, 2.45) is 0 Å². The molecule has 5 rings (SSSR count). The molecule has 3 aliphatic heterocycles. The van der Waals surface area contributed by atoms with E-state index in [2.05, 4.69) is 9.80 Å². The number of rotatable bonds is 2. The second-order valence-corrected chi connectivity index (χ2v) is 6.89. The number of morpholine rings is 2. The predicted molar refractivity (Wildman–Crippen MR) is 99.8 cm³/mol. The van der Waals surface area contributed by atoms with Crippen molar-refractivity contribution in [3.63, 3.8) is 0 Å². The number of ether oxygens (including phenoxy) is 3. The lowest BCUT2D eigenvalue weighted by Crippen LogP contribution is -2.38. The molecule has 7 heteroatoms. The highest BCUT2D eigenvalue weighted by atomic mass is 16.6. The van der Waals surface area contributed by atoms with Crippen molar-refractivity contribution in [1.29, 1.82) is 0 Å². The van der Waals surface area contributed by atoms with E-state index in [0.717, 1.165) is 42.9 Å². The van der Waals surface area contributed by atoms with Gasteiger partial charge in [-0.05, 0) is 24.3 Å². The quantitative estimate of drug-likeness (QED) is 0.592. The van der Waals surface area contributed by atoms with Crippen molar-refractivity contribution in [3.8, 4) is 0 Å². The molecule has 140 valence electrons. The maximum absolute atomic E-state index is 12.3. The highest BCUT2D eigenvalue weighted by Gasteiger charge is 2.31. The average molecular weight is 368 g/mol. The van der Waals surface area contributed by atoms with Gasteiger partial charge in [-0.2, -0.15) is 0 Å². The topological polar surface area (TPSA) is 68.3 Å². The maximum Gasteiger partial charge on any atom is 0.346 e. The molecule has 7 nitrogen and oxygen atoms in total. The van der Waals surface area contributed by atoms with E-state index in [-0.39, 0.29) is 0 Å². The third-order valence-electron chi connectivity index (χ3n) is 5.45. The van der Waals surface area contributed by atoms with Crippen LogP contribution < -0.4 is 9.80 Å². The summed E-state index contributed by atoms with van der Waals surface area (Å²) in [4.78, 5) is 29.2. The van der Waals surface area contributed by atoms with Crippen molar-refractivity contribution in [1.82, 2.24) is 0 Å². The van der Waals surface area contributed by atoms with Crippen LogP contribution >= 0.6 is 0 Å². The number of nitrogens with zero attached hydrogens (tertiary/aromatic N) is 2. The van der Waals surface area contributed by atoms with Crippen LogP contribution in [0.4, 0.5) is 11.4 Å². The van der Waals surface area contributed by atoms with E-state index in [1.54, 1.807) is 12.1 Å². The third-order valence-corrected chi connectivity index (χ3v) is 5.45. The van der Waals surface area contributed by atoms with Crippen molar-refractivity contribution in [2.75, 3.05) is 62.4 Å². The van der Waals surface area contributed by atoms with Gasteiger partial charge in [-0.15, -0.1) is 0 Å². The molecule has 2 fully saturated rings. The molecule has 3 heterocycles. The van der Waals surface area contributed by atoms with Crippen LogP contribution in [0.25, 0.3) is 10.8 Å². The lowest BCUT2D eigenvalue weighted by molar-refractivity contribution is 0.0391. The molecular formula is C20H20N2O5. The van der Waals surface area contributed by atoms with Gasteiger partial charge in [0.15, 0.2) is 0 Å². The van der Waals surface area contributed by atoms with Crippen molar-refractivity contribution in [2.45, 2.75) is 0 Å². The number of hydrogen-bond acceptors (Lipinski definition) is 7. The minimum Gasteiger partial charge on any atom is -0.386 e. The van der Waals surface area contributed by atoms with Crippen molar-refractivity contribution < 1.29 is 23.8 Å². The van der Waals surface area contributed by atoms with E-state index in [1.165, 1.54) is 0 Å². The van der Waals surface area contributed by atoms with E-state index >= 15 is 0 Å². The van der Waals surface area contributed by atoms with Gasteiger partial charge in [-0.1, -0.05) is 0 Å². The number of cyclic esters (lactones) is 2. The van der Waals surface area contributed by atoms with Gasteiger partial charge in [0.1, 0.15) is 0 Å². The summed E-state index contributed by atoms with van der Waals surface area (Å²) in [5.74, 6) is -1.16. The van der Waals surface area contributed by atoms with Gasteiger partial charge in [0.2, 0.25) is 0 Å². The molecular weight excluding hydrogens is 348 g/mol. The molecule has 0 amide bonds. The van der Waals surface area contributed by atoms with Crippen LogP contribution in [-0.4, -0.2) is 64.5 Å². The number of carbonyl (C=O) groups excluding carboxylic acids is 2. The largest absolute Gasteiger partial charge is 0.386 e. The van der Waals surface area contributed by atoms with E-state index in [1.807, 2.05) is 12.1 Å². The Kier molecular flexibility index (Phi) is 3.98. The Morgan fingerprint density at radius 1 is 0.630 bits per heavy atom. The molecule has 0 aromatic heterocycles. The monoisotopic (exact) mass is 368 g/mol. The summed E-state index contributed by atoms with van der Waals surface area (Å²) in [5, 5.41) is 1.64. The zero-order valence-corrected chi connectivity index (χ0v) is 14.9. The molecule has 0 aliphatic carbocycles. The molecule has 0 bridgehead atoms. The molecule has 27 heavy (non-hydrogen) atoms. The number of esters is 2. The van der Waals surface area contributed by atoms with Crippen molar-refractivity contribution in [3.05, 3.63) is 35.4 Å². The maximum atomic E-state index is 12.3. The summed E-state index contributed by atoms with van der Waals surface area (Å²) in [5.41, 5.74) is 2.96. The predicted octanol–water partition coefficient (Wildman–Crippen LogP) is 1.82. The SMILES string of the molecule is O=C1OC(=O)c2ccc(N3CCOCC3)c3c(N4CCOCC4)ccc1c23. The molecule has 3 aliphatic rings. The van der Waals surface area contributed by atoms with Crippen LogP contribution in [0.5, 0.6) is 0 Å². The fourth-order valence-corrected chi connectivity index (χ4v) is 4.13. The van der Waals surface area contributed by atoms with Gasteiger partial charge in [-0.25, -0.2) is 9.59 Å². The van der Waals surface area contributed by atoms with Gasteiger partial charge >= 0.3 is 11.9 Å². The van der Waals surface area contributed by atoms with Gasteiger partial charge in [0.05, 0.1) is 37.6 Å². The number of anilines is 2. The average Bonchev–Trinajstić information content (AvgIpc) is 2.72. The molecule has 2 saturated heterocycles. The van der Waals surface area contributed by atoms with Gasteiger partial charge in [0.25, 0.3) is 0 Å². The zero-order chi connectivity index (χ0) is 18.4. The molecule has 0 unspecified atom stereocenters. The first-order chi connectivity index (χ1) is 13.2. The minimum atomic E-state index is -0.579. The number of benzene rings is 2. The van der Waals surface area contributed by atoms with Crippen LogP contribution in [0.2, 0.25) is 0 Å². The standard InChI is InChI=1S/C20H20N2O5/c23-19-13-1-3-15(21-5-9-25-10-6-21)18-16(22-7-11-26-12-8-22)4-2-14(17(13)18)20(24)27-19/h1-4H,5-12H2. The molecule has 0 N–H and O–H groups in total. The van der Waals surface area contributed by atoms with E-state index in [9.17, 15) is 9.59 Å². The summed E-state index contributed by atoms with van der Waals surface area (Å²) in [7, 11) is 0. The van der Waals surface area contributed by atoms with Gasteiger partial charge < -0.3 is 24.0 Å². The molecule has 2 aromatic rings. The van der Waals surface area contributed by atoms with Crippen molar-refractivity contribution >= 4 is 34.1 Å². The Balaban J connectivity index is 1.78. The normalized spacial score (nSPS) is 20.1. The second-order valence-electron chi connectivity index (χ2n) is 6.89. The first-order valence-electron chi connectivity index (χ1n) is 9.25. The first-order valence-corrected chi connectivity index (χ1v) is 9.25. The van der Waals surface area contributed by atoms with Crippen LogP contribution in [0.3, 0.4) is 0 Å². The van der Waals surface area contributed by atoms with Crippen LogP contribution in [0.15, 0.2) is 24.3 Å². The Morgan fingerprint density at radius 3 is 1.52 bits per heavy atom. The summed E-state index contributed by atoms with van der Waals surface area (Å²) in [6.45, 7) is 5.76. The molecule has 0 saturated carbocycles. The smallest absolute Gasteiger partial charge is 0.346 e. The van der Waals surface area contributed by atoms with Gasteiger partial charge in [-0.3, -0.25) is 0 Å². The third kappa shape index (κ3) is 2.65. The zero-order valence-electron chi connectivity index (χ0n) is 14.9.